The van der Waals surface area contributed by atoms with Gasteiger partial charge in [-0.05, 0) is 68.4 Å². The first-order valence-corrected chi connectivity index (χ1v) is 9.86. The van der Waals surface area contributed by atoms with Crippen LogP contribution in [0.2, 0.25) is 0 Å². The summed E-state index contributed by atoms with van der Waals surface area (Å²) in [6.45, 7) is 0.566. The molecule has 4 saturated carbocycles. The van der Waals surface area contributed by atoms with Crippen molar-refractivity contribution in [2.75, 3.05) is 6.54 Å². The lowest BCUT2D eigenvalue weighted by Crippen LogP contribution is -2.53. The summed E-state index contributed by atoms with van der Waals surface area (Å²) in [6.07, 6.45) is 7.96. The van der Waals surface area contributed by atoms with Gasteiger partial charge in [-0.1, -0.05) is 18.2 Å². The Morgan fingerprint density at radius 2 is 1.69 bits per heavy atom. The molecule has 1 amide bonds. The number of benzene rings is 1. The van der Waals surface area contributed by atoms with Gasteiger partial charge in [0.2, 0.25) is 17.7 Å². The average molecular weight is 351 g/mol. The van der Waals surface area contributed by atoms with Crippen molar-refractivity contribution in [3.63, 3.8) is 0 Å². The monoisotopic (exact) mass is 351 g/mol. The Kier molecular flexibility index (Phi) is 3.84. The molecule has 1 heterocycles. The van der Waals surface area contributed by atoms with Crippen molar-refractivity contribution in [3.8, 4) is 11.5 Å². The van der Waals surface area contributed by atoms with Crippen LogP contribution in [0.4, 0.5) is 0 Å². The maximum Gasteiger partial charge on any atom is 0.247 e. The Hall–Kier alpha value is -2.17. The van der Waals surface area contributed by atoms with Crippen LogP contribution >= 0.6 is 0 Å². The van der Waals surface area contributed by atoms with E-state index in [2.05, 4.69) is 15.5 Å². The third-order valence-corrected chi connectivity index (χ3v) is 6.63. The first kappa shape index (κ1) is 16.0. The van der Waals surface area contributed by atoms with E-state index < -0.39 is 0 Å². The van der Waals surface area contributed by atoms with Crippen LogP contribution in [0.5, 0.6) is 0 Å². The molecule has 0 atom stereocenters. The summed E-state index contributed by atoms with van der Waals surface area (Å²) in [5.74, 6) is 3.74. The van der Waals surface area contributed by atoms with Crippen LogP contribution in [0, 0.1) is 23.2 Å². The Balaban J connectivity index is 1.19. The van der Waals surface area contributed by atoms with Crippen LogP contribution in [0.15, 0.2) is 34.7 Å². The van der Waals surface area contributed by atoms with Crippen LogP contribution in [-0.2, 0) is 11.2 Å². The van der Waals surface area contributed by atoms with Crippen molar-refractivity contribution in [1.82, 2.24) is 15.5 Å². The molecule has 2 aromatic rings. The highest BCUT2D eigenvalue weighted by atomic mass is 16.4. The minimum absolute atomic E-state index is 0.0845. The SMILES string of the molecule is O=C(NCCc1nnc(-c2ccccc2)o1)C12CC3CC(CC(C3)C1)C2. The second-order valence-corrected chi connectivity index (χ2v) is 8.57. The van der Waals surface area contributed by atoms with Gasteiger partial charge < -0.3 is 9.73 Å². The fourth-order valence-corrected chi connectivity index (χ4v) is 5.91. The van der Waals surface area contributed by atoms with Crippen LogP contribution in [0.3, 0.4) is 0 Å². The van der Waals surface area contributed by atoms with Crippen molar-refractivity contribution in [2.45, 2.75) is 44.9 Å². The number of hydrogen-bond donors (Lipinski definition) is 1. The molecular weight excluding hydrogens is 326 g/mol. The number of nitrogens with zero attached hydrogens (tertiary/aromatic N) is 2. The number of carbonyl (C=O) groups excluding carboxylic acids is 1. The largest absolute Gasteiger partial charge is 0.421 e. The molecule has 6 rings (SSSR count). The van der Waals surface area contributed by atoms with Gasteiger partial charge in [-0.2, -0.15) is 0 Å². The molecule has 4 aliphatic carbocycles. The molecule has 4 bridgehead atoms. The predicted octanol–water partition coefficient (Wildman–Crippen LogP) is 3.61. The molecule has 4 aliphatic rings. The van der Waals surface area contributed by atoms with E-state index in [1.54, 1.807) is 0 Å². The van der Waals surface area contributed by atoms with Crippen molar-refractivity contribution in [2.24, 2.45) is 23.2 Å². The fourth-order valence-electron chi connectivity index (χ4n) is 5.91. The lowest BCUT2D eigenvalue weighted by molar-refractivity contribution is -0.146. The van der Waals surface area contributed by atoms with Crippen LogP contribution in [0.25, 0.3) is 11.5 Å². The second-order valence-electron chi connectivity index (χ2n) is 8.57. The number of amides is 1. The summed E-state index contributed by atoms with van der Waals surface area (Å²) in [6, 6.07) is 9.76. The van der Waals surface area contributed by atoms with E-state index in [0.29, 0.717) is 24.7 Å². The second kappa shape index (κ2) is 6.22. The average Bonchev–Trinajstić information content (AvgIpc) is 3.10. The third kappa shape index (κ3) is 2.83. The van der Waals surface area contributed by atoms with Crippen molar-refractivity contribution in [1.29, 1.82) is 0 Å². The van der Waals surface area contributed by atoms with Gasteiger partial charge in [0.25, 0.3) is 0 Å². The summed E-state index contributed by atoms with van der Waals surface area (Å²) in [5, 5.41) is 11.4. The summed E-state index contributed by atoms with van der Waals surface area (Å²) in [5.41, 5.74) is 0.836. The van der Waals surface area contributed by atoms with E-state index in [-0.39, 0.29) is 11.3 Å². The zero-order chi connectivity index (χ0) is 17.6. The van der Waals surface area contributed by atoms with Gasteiger partial charge in [-0.25, -0.2) is 0 Å². The number of hydrogen-bond acceptors (Lipinski definition) is 4. The highest BCUT2D eigenvalue weighted by Gasteiger charge is 2.54. The van der Waals surface area contributed by atoms with Gasteiger partial charge in [0.1, 0.15) is 0 Å². The molecule has 1 N–H and O–H groups in total. The minimum atomic E-state index is -0.0845. The molecule has 5 nitrogen and oxygen atoms in total. The van der Waals surface area contributed by atoms with Crippen LogP contribution in [0.1, 0.15) is 44.4 Å². The highest BCUT2D eigenvalue weighted by Crippen LogP contribution is 2.60. The van der Waals surface area contributed by atoms with Crippen molar-refractivity contribution >= 4 is 5.91 Å². The lowest BCUT2D eigenvalue weighted by atomic mass is 9.49. The normalized spacial score (nSPS) is 31.9. The summed E-state index contributed by atoms with van der Waals surface area (Å²) in [4.78, 5) is 12.9. The zero-order valence-electron chi connectivity index (χ0n) is 15.0. The minimum Gasteiger partial charge on any atom is -0.421 e. The van der Waals surface area contributed by atoms with E-state index in [9.17, 15) is 4.79 Å². The van der Waals surface area contributed by atoms with Crippen molar-refractivity contribution in [3.05, 3.63) is 36.2 Å². The standard InChI is InChI=1S/C21H25N3O2/c25-20(21-11-14-8-15(12-21)10-16(9-14)13-21)22-7-6-18-23-24-19(26-18)17-4-2-1-3-5-17/h1-5,14-16H,6-13H2,(H,22,25). The van der Waals surface area contributed by atoms with Gasteiger partial charge in [0.15, 0.2) is 0 Å². The quantitative estimate of drug-likeness (QED) is 0.893. The molecule has 4 fully saturated rings. The van der Waals surface area contributed by atoms with E-state index in [0.717, 1.165) is 42.6 Å². The third-order valence-electron chi connectivity index (χ3n) is 6.63. The predicted molar refractivity (Wildman–Crippen MR) is 97.1 cm³/mol. The Labute approximate surface area is 153 Å². The molecular formula is C21H25N3O2. The highest BCUT2D eigenvalue weighted by molar-refractivity contribution is 5.83. The van der Waals surface area contributed by atoms with Gasteiger partial charge in [0, 0.05) is 23.9 Å². The molecule has 1 aromatic carbocycles. The molecule has 0 unspecified atom stereocenters. The first-order valence-electron chi connectivity index (χ1n) is 9.86. The molecule has 1 aromatic heterocycles. The van der Waals surface area contributed by atoms with Crippen molar-refractivity contribution < 1.29 is 9.21 Å². The van der Waals surface area contributed by atoms with Gasteiger partial charge in [-0.15, -0.1) is 10.2 Å². The smallest absolute Gasteiger partial charge is 0.247 e. The number of rotatable bonds is 5. The van der Waals surface area contributed by atoms with Crippen LogP contribution < -0.4 is 5.32 Å². The Morgan fingerprint density at radius 1 is 1.04 bits per heavy atom. The molecule has 0 saturated heterocycles. The summed E-state index contributed by atoms with van der Waals surface area (Å²) in [7, 11) is 0. The molecule has 0 aliphatic heterocycles. The molecule has 0 radical (unpaired) electrons. The maximum absolute atomic E-state index is 12.9. The van der Waals surface area contributed by atoms with E-state index in [4.69, 9.17) is 4.42 Å². The summed E-state index contributed by atoms with van der Waals surface area (Å²) < 4.78 is 5.73. The van der Waals surface area contributed by atoms with E-state index in [1.165, 1.54) is 19.3 Å². The zero-order valence-corrected chi connectivity index (χ0v) is 15.0. The lowest BCUT2D eigenvalue weighted by Gasteiger charge is -2.55. The summed E-state index contributed by atoms with van der Waals surface area (Å²) >= 11 is 0. The molecule has 26 heavy (non-hydrogen) atoms. The molecule has 5 heteroatoms. The van der Waals surface area contributed by atoms with Gasteiger partial charge >= 0.3 is 0 Å². The van der Waals surface area contributed by atoms with Gasteiger partial charge in [0.05, 0.1) is 0 Å². The molecule has 136 valence electrons. The number of aromatic nitrogens is 2. The molecule has 0 spiro atoms. The number of carbonyl (C=O) groups is 1. The topological polar surface area (TPSA) is 68.0 Å². The van der Waals surface area contributed by atoms with E-state index >= 15 is 0 Å². The van der Waals surface area contributed by atoms with Gasteiger partial charge in [-0.3, -0.25) is 4.79 Å². The maximum atomic E-state index is 12.9. The Bertz CT molecular complexity index is 763. The fraction of sp³-hybridized carbons (Fsp3) is 0.571. The number of nitrogens with one attached hydrogen (secondary N) is 1. The van der Waals surface area contributed by atoms with Crippen LogP contribution in [-0.4, -0.2) is 22.6 Å². The first-order chi connectivity index (χ1) is 12.7. The Morgan fingerprint density at radius 3 is 2.35 bits per heavy atom. The van der Waals surface area contributed by atoms with E-state index in [1.807, 2.05) is 30.3 Å².